The molecule has 6 N–H and O–H groups in total. The number of nitrogens with zero attached hydrogens (tertiary/aromatic N) is 1. The number of aromatic hydroxyl groups is 2. The first-order valence-corrected chi connectivity index (χ1v) is 18.4. The van der Waals surface area contributed by atoms with Gasteiger partial charge in [0.25, 0.3) is 6.47 Å². The first kappa shape index (κ1) is 40.0. The number of aryl methyl sites for hydroxylation is 1. The summed E-state index contributed by atoms with van der Waals surface area (Å²) in [6, 6.07) is 31.0. The highest BCUT2D eigenvalue weighted by Crippen LogP contribution is 2.45. The van der Waals surface area contributed by atoms with Crippen molar-refractivity contribution in [1.82, 2.24) is 15.2 Å². The van der Waals surface area contributed by atoms with E-state index in [1.54, 1.807) is 19.2 Å². The molecule has 0 aliphatic carbocycles. The summed E-state index contributed by atoms with van der Waals surface area (Å²) in [5.41, 5.74) is 5.06. The van der Waals surface area contributed by atoms with E-state index in [2.05, 4.69) is 63.7 Å². The molecule has 54 heavy (non-hydrogen) atoms. The van der Waals surface area contributed by atoms with Crippen molar-refractivity contribution in [2.45, 2.75) is 43.6 Å². The summed E-state index contributed by atoms with van der Waals surface area (Å²) in [6.45, 7) is 4.91. The van der Waals surface area contributed by atoms with Crippen LogP contribution in [0.1, 0.15) is 53.2 Å². The predicted octanol–water partition coefficient (Wildman–Crippen LogP) is 5.55. The molecule has 6 rings (SSSR count). The van der Waals surface area contributed by atoms with E-state index in [4.69, 9.17) is 19.4 Å². The van der Waals surface area contributed by atoms with Crippen molar-refractivity contribution in [3.05, 3.63) is 135 Å². The Morgan fingerprint density at radius 3 is 2.31 bits per heavy atom. The normalized spacial score (nSPS) is 14.6. The van der Waals surface area contributed by atoms with Crippen LogP contribution in [0.3, 0.4) is 0 Å². The number of aliphatic hydroxyl groups is 1. The fourth-order valence-electron chi connectivity index (χ4n) is 7.32. The van der Waals surface area contributed by atoms with Crippen LogP contribution in [0, 0.1) is 0 Å². The van der Waals surface area contributed by atoms with E-state index in [0.717, 1.165) is 75.2 Å². The van der Waals surface area contributed by atoms with Gasteiger partial charge in [0.1, 0.15) is 17.2 Å². The fourth-order valence-corrected chi connectivity index (χ4v) is 7.32. The second-order valence-corrected chi connectivity index (χ2v) is 13.6. The largest absolute Gasteiger partial charge is 0.508 e. The number of phenolic OH excluding ortho intramolecular Hbond substituents is 2. The Labute approximate surface area is 315 Å². The number of aromatic amines is 1. The average molecular weight is 738 g/mol. The summed E-state index contributed by atoms with van der Waals surface area (Å²) in [5.74, 6) is 1.16. The van der Waals surface area contributed by atoms with Gasteiger partial charge in [-0.15, -0.1) is 0 Å². The summed E-state index contributed by atoms with van der Waals surface area (Å²) in [5, 5.41) is 42.9. The van der Waals surface area contributed by atoms with Crippen LogP contribution >= 0.6 is 0 Å². The second kappa shape index (κ2) is 19.8. The topological polar surface area (TPSA) is 165 Å². The summed E-state index contributed by atoms with van der Waals surface area (Å²) in [4.78, 5) is 25.1. The average Bonchev–Trinajstić information content (AvgIpc) is 3.19. The van der Waals surface area contributed by atoms with Crippen molar-refractivity contribution < 1.29 is 34.7 Å². The molecule has 0 amide bonds. The second-order valence-electron chi connectivity index (χ2n) is 13.6. The van der Waals surface area contributed by atoms with Crippen molar-refractivity contribution in [2.75, 3.05) is 53.0 Å². The van der Waals surface area contributed by atoms with Gasteiger partial charge in [0, 0.05) is 42.6 Å². The number of likely N-dealkylation sites (tertiary alicyclic amines) is 1. The number of benzene rings is 4. The Kier molecular flexibility index (Phi) is 14.6. The van der Waals surface area contributed by atoms with Crippen molar-refractivity contribution in [1.29, 1.82) is 0 Å². The number of methoxy groups -OCH3 is 1. The molecule has 0 bridgehead atoms. The van der Waals surface area contributed by atoms with Crippen LogP contribution in [0.15, 0.2) is 102 Å². The lowest BCUT2D eigenvalue weighted by Crippen LogP contribution is -2.44. The van der Waals surface area contributed by atoms with Gasteiger partial charge in [0.15, 0.2) is 0 Å². The van der Waals surface area contributed by atoms with Gasteiger partial charge >= 0.3 is 0 Å². The van der Waals surface area contributed by atoms with E-state index in [0.29, 0.717) is 41.9 Å². The minimum atomic E-state index is -0.794. The lowest BCUT2D eigenvalue weighted by molar-refractivity contribution is -0.122. The van der Waals surface area contributed by atoms with Gasteiger partial charge < -0.3 is 45.1 Å². The molecule has 1 saturated heterocycles. The van der Waals surface area contributed by atoms with Gasteiger partial charge in [0.2, 0.25) is 5.56 Å². The fraction of sp³-hybridized carbons (Fsp3) is 0.349. The maximum Gasteiger partial charge on any atom is 0.290 e. The summed E-state index contributed by atoms with van der Waals surface area (Å²) < 4.78 is 11.4. The molecule has 5 aromatic rings. The molecule has 4 aromatic carbocycles. The highest BCUT2D eigenvalue weighted by molar-refractivity contribution is 5.87. The van der Waals surface area contributed by atoms with Crippen molar-refractivity contribution in [3.8, 4) is 17.2 Å². The molecule has 1 aliphatic rings. The van der Waals surface area contributed by atoms with Crippen LogP contribution in [-0.2, 0) is 27.8 Å². The van der Waals surface area contributed by atoms with E-state index in [-0.39, 0.29) is 23.2 Å². The molecule has 1 aliphatic heterocycles. The van der Waals surface area contributed by atoms with Gasteiger partial charge in [-0.05, 0) is 104 Å². The molecular formula is C43H51N3O8. The van der Waals surface area contributed by atoms with Crippen LogP contribution in [0.2, 0.25) is 0 Å². The zero-order valence-electron chi connectivity index (χ0n) is 30.7. The highest BCUT2D eigenvalue weighted by atomic mass is 16.5. The molecule has 0 radical (unpaired) electrons. The number of H-pyrrole nitrogens is 1. The van der Waals surface area contributed by atoms with Gasteiger partial charge in [-0.1, -0.05) is 60.7 Å². The quantitative estimate of drug-likeness (QED) is 0.0559. The molecule has 0 spiro atoms. The minimum absolute atomic E-state index is 0.0247. The van der Waals surface area contributed by atoms with Crippen LogP contribution in [-0.4, -0.2) is 89.8 Å². The number of rotatable bonds is 16. The number of carboxylic acid groups (broad SMARTS) is 1. The Balaban J connectivity index is 0.00000181. The molecule has 11 nitrogen and oxygen atoms in total. The minimum Gasteiger partial charge on any atom is -0.508 e. The predicted molar refractivity (Wildman–Crippen MR) is 210 cm³/mol. The first-order chi connectivity index (χ1) is 26.3. The lowest BCUT2D eigenvalue weighted by atomic mass is 9.67. The Hall–Kier alpha value is -5.20. The Morgan fingerprint density at radius 1 is 0.889 bits per heavy atom. The third kappa shape index (κ3) is 10.3. The van der Waals surface area contributed by atoms with Gasteiger partial charge in [-0.2, -0.15) is 0 Å². The first-order valence-electron chi connectivity index (χ1n) is 18.4. The molecule has 0 saturated carbocycles. The standard InChI is InChI=1S/C42H49N3O6.CH2O2/c1-50-27-25-45-23-20-42(21-24-45,32-7-3-2-4-8-32)36-28-31(11-16-37(36)46)6-5-26-51-33-12-9-30(10-13-33)19-22-43-29-39(48)34-14-17-38(47)41-35(34)15-18-40(49)44-41;2-1-3/h2-4,7-18,28,39,43,46-48H,5-6,19-27,29H2,1H3,(H,44,49);1H,(H,2,3)/t39-;/m0./s1. The van der Waals surface area contributed by atoms with Gasteiger partial charge in [-0.25, -0.2) is 0 Å². The monoisotopic (exact) mass is 737 g/mol. The number of hydrogen-bond donors (Lipinski definition) is 6. The summed E-state index contributed by atoms with van der Waals surface area (Å²) in [6.07, 6.45) is 3.58. The number of carbonyl (C=O) groups is 1. The van der Waals surface area contributed by atoms with E-state index >= 15 is 0 Å². The molecule has 1 atom stereocenters. The SMILES string of the molecule is COCCN1CCC(c2ccccc2)(c2cc(CCCOc3ccc(CCNC[C@H](O)c4ccc(O)c5[nH]c(=O)ccc45)cc3)ccc2O)CC1.O=CO. The number of pyridine rings is 1. The van der Waals surface area contributed by atoms with E-state index in [1.165, 1.54) is 23.3 Å². The number of fused-ring (bicyclic) bond motifs is 1. The number of ether oxygens (including phenoxy) is 2. The van der Waals surface area contributed by atoms with Crippen molar-refractivity contribution in [2.24, 2.45) is 0 Å². The number of aromatic nitrogens is 1. The number of hydrogen-bond acceptors (Lipinski definition) is 9. The molecule has 286 valence electrons. The highest BCUT2D eigenvalue weighted by Gasteiger charge is 2.39. The van der Waals surface area contributed by atoms with Crippen LogP contribution < -0.4 is 15.6 Å². The molecule has 2 heterocycles. The molecule has 1 fully saturated rings. The zero-order valence-corrected chi connectivity index (χ0v) is 30.7. The molecular weight excluding hydrogens is 686 g/mol. The summed E-state index contributed by atoms with van der Waals surface area (Å²) >= 11 is 0. The van der Waals surface area contributed by atoms with Crippen LogP contribution in [0.4, 0.5) is 0 Å². The third-order valence-corrected chi connectivity index (χ3v) is 10.2. The van der Waals surface area contributed by atoms with Gasteiger partial charge in [-0.3, -0.25) is 9.59 Å². The zero-order chi connectivity index (χ0) is 38.3. The number of phenols is 2. The van der Waals surface area contributed by atoms with E-state index in [9.17, 15) is 20.1 Å². The maximum atomic E-state index is 11.7. The summed E-state index contributed by atoms with van der Waals surface area (Å²) in [7, 11) is 1.75. The van der Waals surface area contributed by atoms with Crippen molar-refractivity contribution >= 4 is 17.4 Å². The third-order valence-electron chi connectivity index (χ3n) is 10.2. The van der Waals surface area contributed by atoms with E-state index in [1.807, 2.05) is 24.3 Å². The number of aliphatic hydroxyl groups excluding tert-OH is 1. The van der Waals surface area contributed by atoms with Crippen LogP contribution in [0.25, 0.3) is 10.9 Å². The Morgan fingerprint density at radius 2 is 1.59 bits per heavy atom. The molecule has 1 aromatic heterocycles. The van der Waals surface area contributed by atoms with Crippen LogP contribution in [0.5, 0.6) is 17.2 Å². The van der Waals surface area contributed by atoms with Gasteiger partial charge in [0.05, 0.1) is 24.8 Å². The van der Waals surface area contributed by atoms with E-state index < -0.39 is 6.10 Å². The number of piperidine rings is 1. The molecule has 11 heteroatoms. The number of nitrogens with one attached hydrogen (secondary N) is 2. The maximum absolute atomic E-state index is 11.7. The smallest absolute Gasteiger partial charge is 0.290 e. The lowest BCUT2D eigenvalue weighted by Gasteiger charge is -2.43. The van der Waals surface area contributed by atoms with Crippen molar-refractivity contribution in [3.63, 3.8) is 0 Å². The Bertz CT molecular complexity index is 1980. The molecule has 0 unspecified atom stereocenters.